The van der Waals surface area contributed by atoms with Gasteiger partial charge in [-0.3, -0.25) is 19.2 Å². The first-order valence-corrected chi connectivity index (χ1v) is 9.76. The fraction of sp³-hybridized carbons (Fsp3) is 0.722. The van der Waals surface area contributed by atoms with Crippen LogP contribution in [0.1, 0.15) is 40.5 Å². The van der Waals surface area contributed by atoms with Gasteiger partial charge in [0.25, 0.3) is 0 Å². The average molecular weight is 447 g/mol. The van der Waals surface area contributed by atoms with Crippen LogP contribution in [-0.2, 0) is 24.0 Å². The molecule has 7 unspecified atom stereocenters. The number of aliphatic carboxylic acids is 1. The molecule has 0 aromatic carbocycles. The summed E-state index contributed by atoms with van der Waals surface area (Å²) in [5.41, 5.74) is 10.5. The smallest absolute Gasteiger partial charge is 0.326 e. The van der Waals surface area contributed by atoms with E-state index in [0.717, 1.165) is 0 Å². The lowest BCUT2D eigenvalue weighted by molar-refractivity contribution is -0.144. The zero-order chi connectivity index (χ0) is 24.5. The van der Waals surface area contributed by atoms with Crippen LogP contribution in [0, 0.1) is 5.92 Å². The quantitative estimate of drug-likeness (QED) is 0.140. The highest BCUT2D eigenvalue weighted by Gasteiger charge is 2.35. The number of carboxylic acids is 1. The van der Waals surface area contributed by atoms with E-state index in [9.17, 15) is 34.2 Å². The first-order valence-electron chi connectivity index (χ1n) is 9.76. The number of aliphatic hydroxyl groups is 2. The molecule has 0 rings (SSSR count). The highest BCUT2D eigenvalue weighted by atomic mass is 16.4. The molecule has 0 saturated carbocycles. The van der Waals surface area contributed by atoms with E-state index in [-0.39, 0.29) is 0 Å². The zero-order valence-electron chi connectivity index (χ0n) is 18.0. The van der Waals surface area contributed by atoms with Crippen LogP contribution >= 0.6 is 0 Å². The number of hydrogen-bond acceptors (Lipinski definition) is 8. The first kappa shape index (κ1) is 28.2. The van der Waals surface area contributed by atoms with Gasteiger partial charge in [0.05, 0.1) is 18.6 Å². The van der Waals surface area contributed by atoms with Gasteiger partial charge in [-0.1, -0.05) is 20.3 Å². The molecular weight excluding hydrogens is 414 g/mol. The molecule has 31 heavy (non-hydrogen) atoms. The Bertz CT molecular complexity index is 669. The number of carboxylic acid groups (broad SMARTS) is 1. The average Bonchev–Trinajstić information content (AvgIpc) is 2.66. The van der Waals surface area contributed by atoms with Crippen LogP contribution in [0.3, 0.4) is 0 Å². The number of nitrogens with two attached hydrogens (primary N) is 2. The van der Waals surface area contributed by atoms with E-state index in [0.29, 0.717) is 6.42 Å². The Hall–Kier alpha value is -2.77. The number of hydrogen-bond donors (Lipinski definition) is 8. The van der Waals surface area contributed by atoms with Crippen molar-refractivity contribution in [1.29, 1.82) is 0 Å². The fourth-order valence-corrected chi connectivity index (χ4v) is 2.48. The molecule has 13 heteroatoms. The van der Waals surface area contributed by atoms with Crippen molar-refractivity contribution in [3.05, 3.63) is 0 Å². The first-order chi connectivity index (χ1) is 14.2. The second-order valence-corrected chi connectivity index (χ2v) is 7.43. The van der Waals surface area contributed by atoms with E-state index in [1.165, 1.54) is 13.8 Å². The van der Waals surface area contributed by atoms with Crippen molar-refractivity contribution in [1.82, 2.24) is 16.0 Å². The Morgan fingerprint density at radius 2 is 1.32 bits per heavy atom. The van der Waals surface area contributed by atoms with Gasteiger partial charge in [-0.05, 0) is 19.8 Å². The molecule has 0 aliphatic heterocycles. The molecule has 0 aliphatic rings. The topological polar surface area (TPSA) is 234 Å². The van der Waals surface area contributed by atoms with Crippen molar-refractivity contribution in [2.24, 2.45) is 17.4 Å². The van der Waals surface area contributed by atoms with Gasteiger partial charge < -0.3 is 42.7 Å². The van der Waals surface area contributed by atoms with E-state index in [2.05, 4.69) is 16.0 Å². The molecule has 0 spiro atoms. The number of nitrogens with one attached hydrogen (secondary N) is 3. The van der Waals surface area contributed by atoms with Crippen molar-refractivity contribution in [2.45, 2.75) is 76.9 Å². The molecule has 0 fully saturated rings. The van der Waals surface area contributed by atoms with Crippen molar-refractivity contribution < 1.29 is 39.3 Å². The van der Waals surface area contributed by atoms with Crippen LogP contribution in [0.25, 0.3) is 0 Å². The maximum absolute atomic E-state index is 12.7. The molecular formula is C18H33N5O8. The van der Waals surface area contributed by atoms with Gasteiger partial charge >= 0.3 is 5.97 Å². The SMILES string of the molecule is CCC(C)C(NC(=O)C(NC(=O)C(N)C(C)O)C(C)O)C(=O)NC(CC(N)=O)C(=O)O. The van der Waals surface area contributed by atoms with Gasteiger partial charge in [-0.15, -0.1) is 0 Å². The van der Waals surface area contributed by atoms with E-state index in [4.69, 9.17) is 16.6 Å². The van der Waals surface area contributed by atoms with Crippen LogP contribution < -0.4 is 27.4 Å². The van der Waals surface area contributed by atoms with Crippen molar-refractivity contribution >= 4 is 29.6 Å². The maximum Gasteiger partial charge on any atom is 0.326 e. The van der Waals surface area contributed by atoms with Crippen molar-refractivity contribution in [3.8, 4) is 0 Å². The Morgan fingerprint density at radius 3 is 1.71 bits per heavy atom. The molecule has 178 valence electrons. The zero-order valence-corrected chi connectivity index (χ0v) is 18.0. The Labute approximate surface area is 179 Å². The Balaban J connectivity index is 5.53. The number of carbonyl (C=O) groups is 5. The molecule has 0 heterocycles. The summed E-state index contributed by atoms with van der Waals surface area (Å²) in [7, 11) is 0. The Kier molecular flexibility index (Phi) is 11.7. The maximum atomic E-state index is 12.7. The van der Waals surface area contributed by atoms with Crippen LogP contribution in [0.15, 0.2) is 0 Å². The van der Waals surface area contributed by atoms with Crippen LogP contribution in [-0.4, -0.2) is 81.3 Å². The molecule has 4 amide bonds. The summed E-state index contributed by atoms with van der Waals surface area (Å²) in [4.78, 5) is 59.7. The predicted molar refractivity (Wildman–Crippen MR) is 108 cm³/mol. The third-order valence-electron chi connectivity index (χ3n) is 4.70. The second kappa shape index (κ2) is 12.8. The molecule has 13 nitrogen and oxygen atoms in total. The lowest BCUT2D eigenvalue weighted by Crippen LogP contribution is -2.61. The molecule has 0 aromatic rings. The summed E-state index contributed by atoms with van der Waals surface area (Å²) in [5.74, 6) is -5.60. The second-order valence-electron chi connectivity index (χ2n) is 7.43. The van der Waals surface area contributed by atoms with Gasteiger partial charge in [0.2, 0.25) is 23.6 Å². The number of primary amides is 1. The van der Waals surface area contributed by atoms with E-state index < -0.39 is 78.3 Å². The number of rotatable bonds is 13. The van der Waals surface area contributed by atoms with E-state index in [1.54, 1.807) is 13.8 Å². The van der Waals surface area contributed by atoms with Gasteiger partial charge in [-0.25, -0.2) is 4.79 Å². The summed E-state index contributed by atoms with van der Waals surface area (Å²) in [6.45, 7) is 5.85. The largest absolute Gasteiger partial charge is 0.480 e. The predicted octanol–water partition coefficient (Wildman–Crippen LogP) is -3.46. The molecule has 0 saturated heterocycles. The fourth-order valence-electron chi connectivity index (χ4n) is 2.48. The van der Waals surface area contributed by atoms with Crippen LogP contribution in [0.4, 0.5) is 0 Å². The molecule has 0 bridgehead atoms. The van der Waals surface area contributed by atoms with Gasteiger partial charge in [-0.2, -0.15) is 0 Å². The number of aliphatic hydroxyl groups excluding tert-OH is 2. The lowest BCUT2D eigenvalue weighted by Gasteiger charge is -2.29. The summed E-state index contributed by atoms with van der Waals surface area (Å²) >= 11 is 0. The minimum absolute atomic E-state index is 0.407. The third-order valence-corrected chi connectivity index (χ3v) is 4.70. The molecule has 0 radical (unpaired) electrons. The molecule has 10 N–H and O–H groups in total. The van der Waals surface area contributed by atoms with E-state index >= 15 is 0 Å². The van der Waals surface area contributed by atoms with Crippen LogP contribution in [0.5, 0.6) is 0 Å². The highest BCUT2D eigenvalue weighted by molar-refractivity contribution is 5.95. The molecule has 0 aromatic heterocycles. The summed E-state index contributed by atoms with van der Waals surface area (Å²) < 4.78 is 0. The van der Waals surface area contributed by atoms with Crippen LogP contribution in [0.2, 0.25) is 0 Å². The number of amides is 4. The van der Waals surface area contributed by atoms with Crippen molar-refractivity contribution in [3.63, 3.8) is 0 Å². The van der Waals surface area contributed by atoms with E-state index in [1.807, 2.05) is 0 Å². The summed E-state index contributed by atoms with van der Waals surface area (Å²) in [6, 6.07) is -5.69. The molecule has 0 aliphatic carbocycles. The number of carbonyl (C=O) groups excluding carboxylic acids is 4. The minimum Gasteiger partial charge on any atom is -0.480 e. The lowest BCUT2D eigenvalue weighted by atomic mass is 9.97. The third kappa shape index (κ3) is 9.27. The normalized spacial score (nSPS) is 17.8. The summed E-state index contributed by atoms with van der Waals surface area (Å²) in [6.07, 6.45) is -2.84. The van der Waals surface area contributed by atoms with Crippen molar-refractivity contribution in [2.75, 3.05) is 0 Å². The summed E-state index contributed by atoms with van der Waals surface area (Å²) in [5, 5.41) is 35.2. The minimum atomic E-state index is -1.59. The van der Waals surface area contributed by atoms with Gasteiger partial charge in [0.1, 0.15) is 24.2 Å². The highest BCUT2D eigenvalue weighted by Crippen LogP contribution is 2.10. The standard InChI is InChI=1S/C18H33N5O8/c1-5-7(2)13(16(28)21-10(18(30)31)6-11(19)26)22-17(29)14(9(4)25)23-15(27)12(20)8(3)24/h7-10,12-14,24-25H,5-6,20H2,1-4H3,(H2,19,26)(H,21,28)(H,22,29)(H,23,27)(H,30,31). The molecule has 7 atom stereocenters. The monoisotopic (exact) mass is 447 g/mol. The van der Waals surface area contributed by atoms with Gasteiger partial charge in [0, 0.05) is 0 Å². The Morgan fingerprint density at radius 1 is 0.839 bits per heavy atom. The van der Waals surface area contributed by atoms with Gasteiger partial charge in [0.15, 0.2) is 0 Å².